The van der Waals surface area contributed by atoms with Gasteiger partial charge in [0, 0.05) is 17.1 Å². The lowest BCUT2D eigenvalue weighted by atomic mass is 10.3. The Morgan fingerprint density at radius 2 is 2.30 bits per heavy atom. The zero-order valence-corrected chi connectivity index (χ0v) is 5.63. The van der Waals surface area contributed by atoms with Gasteiger partial charge in [-0.1, -0.05) is 11.6 Å². The van der Waals surface area contributed by atoms with Crippen LogP contribution in [0.25, 0.3) is 0 Å². The van der Waals surface area contributed by atoms with E-state index in [1.165, 1.54) is 18.2 Å². The molecule has 1 aromatic carbocycles. The fourth-order valence-corrected chi connectivity index (χ4v) is 0.629. The third-order valence-corrected chi connectivity index (χ3v) is 1.19. The second-order valence-corrected chi connectivity index (χ2v) is 2.09. The van der Waals surface area contributed by atoms with E-state index in [-0.39, 0.29) is 11.7 Å². The number of benzene rings is 1. The van der Waals surface area contributed by atoms with Crippen LogP contribution < -0.4 is 0 Å². The molecule has 0 N–H and O–H groups in total. The molecule has 10 heavy (non-hydrogen) atoms. The summed E-state index contributed by atoms with van der Waals surface area (Å²) in [6, 6.07) is 3.67. The van der Waals surface area contributed by atoms with Crippen molar-refractivity contribution in [2.24, 2.45) is 0 Å². The van der Waals surface area contributed by atoms with Gasteiger partial charge in [-0.15, -0.1) is 0 Å². The van der Waals surface area contributed by atoms with Gasteiger partial charge >= 0.3 is 0 Å². The van der Waals surface area contributed by atoms with Gasteiger partial charge in [-0.25, -0.2) is 0 Å². The normalized spacial score (nSPS) is 10.7. The van der Waals surface area contributed by atoms with Crippen molar-refractivity contribution in [3.05, 3.63) is 39.4 Å². The van der Waals surface area contributed by atoms with E-state index in [1.807, 2.05) is 0 Å². The average molecular weight is 159 g/mol. The van der Waals surface area contributed by atoms with Gasteiger partial charge in [-0.2, -0.15) is 0 Å². The fraction of sp³-hybridized carbons (Fsp3) is 0. The monoisotopic (exact) mass is 158 g/mol. The van der Waals surface area contributed by atoms with Crippen LogP contribution in [0.2, 0.25) is 5.02 Å². The van der Waals surface area contributed by atoms with Crippen LogP contribution in [0.5, 0.6) is 0 Å². The minimum Gasteiger partial charge on any atom is -0.258 e. The predicted octanol–water partition coefficient (Wildman–Crippen LogP) is 2.25. The van der Waals surface area contributed by atoms with Crippen LogP contribution in [0.4, 0.5) is 5.69 Å². The van der Waals surface area contributed by atoms with Gasteiger partial charge in [0.25, 0.3) is 5.69 Å². The number of nitro benzene ring substituents is 1. The van der Waals surface area contributed by atoms with Crippen LogP contribution in [0.1, 0.15) is 1.37 Å². The Kier molecular flexibility index (Phi) is 1.51. The predicted molar refractivity (Wildman–Crippen MR) is 38.1 cm³/mol. The Morgan fingerprint density at radius 3 is 2.80 bits per heavy atom. The Hall–Kier alpha value is -1.09. The summed E-state index contributed by atoms with van der Waals surface area (Å²) < 4.78 is 7.12. The highest BCUT2D eigenvalue weighted by molar-refractivity contribution is 6.30. The van der Waals surface area contributed by atoms with Gasteiger partial charge < -0.3 is 0 Å². The van der Waals surface area contributed by atoms with Crippen molar-refractivity contribution in [1.29, 1.82) is 0 Å². The highest BCUT2D eigenvalue weighted by Crippen LogP contribution is 2.14. The molecule has 0 aliphatic carbocycles. The SMILES string of the molecule is [2H]c1cc(Cl)ccc1[N+](=O)[O-]. The lowest BCUT2D eigenvalue weighted by Gasteiger charge is -1.88. The highest BCUT2D eigenvalue weighted by atomic mass is 35.5. The van der Waals surface area contributed by atoms with Crippen LogP contribution in [0, 0.1) is 10.1 Å². The number of hydrogen-bond donors (Lipinski definition) is 0. The maximum Gasteiger partial charge on any atom is 0.269 e. The zero-order valence-electron chi connectivity index (χ0n) is 5.87. The second kappa shape index (κ2) is 2.66. The summed E-state index contributed by atoms with van der Waals surface area (Å²) in [5.41, 5.74) is -0.227. The molecular formula is C6H4ClNO2. The molecule has 0 aromatic heterocycles. The number of rotatable bonds is 1. The molecule has 0 unspecified atom stereocenters. The van der Waals surface area contributed by atoms with E-state index in [9.17, 15) is 10.1 Å². The van der Waals surface area contributed by atoms with Crippen molar-refractivity contribution < 1.29 is 6.29 Å². The van der Waals surface area contributed by atoms with Gasteiger partial charge in [0.15, 0.2) is 0 Å². The maximum absolute atomic E-state index is 10.2. The molecule has 0 bridgehead atoms. The molecule has 0 fully saturated rings. The van der Waals surface area contributed by atoms with Gasteiger partial charge in [-0.3, -0.25) is 10.1 Å². The minimum absolute atomic E-state index is 0.164. The topological polar surface area (TPSA) is 43.1 Å². The standard InChI is InChI=1S/C6H4ClNO2/c7-5-1-3-6(4-2-5)8(9)10/h1-4H/i3D. The summed E-state index contributed by atoms with van der Waals surface area (Å²) in [5, 5.41) is 10.5. The van der Waals surface area contributed by atoms with E-state index < -0.39 is 4.92 Å². The first-order valence-electron chi connectivity index (χ1n) is 3.02. The first kappa shape index (κ1) is 5.68. The van der Waals surface area contributed by atoms with E-state index in [2.05, 4.69) is 0 Å². The summed E-state index contributed by atoms with van der Waals surface area (Å²) in [7, 11) is 0. The number of hydrogen-bond acceptors (Lipinski definition) is 2. The van der Waals surface area contributed by atoms with E-state index in [0.29, 0.717) is 5.02 Å². The Balaban J connectivity index is 3.20. The van der Waals surface area contributed by atoms with Crippen molar-refractivity contribution in [1.82, 2.24) is 0 Å². The molecule has 52 valence electrons. The largest absolute Gasteiger partial charge is 0.269 e. The Bertz CT molecular complexity index is 303. The number of nitro groups is 1. The van der Waals surface area contributed by atoms with Crippen LogP contribution in [-0.2, 0) is 0 Å². The zero-order chi connectivity index (χ0) is 8.43. The summed E-state index contributed by atoms with van der Waals surface area (Å²) >= 11 is 5.48. The summed E-state index contributed by atoms with van der Waals surface area (Å²) in [5.74, 6) is 0. The molecule has 0 saturated heterocycles. The lowest BCUT2D eigenvalue weighted by Crippen LogP contribution is -1.85. The molecular weight excluding hydrogens is 154 g/mol. The molecule has 0 saturated carbocycles. The van der Waals surface area contributed by atoms with Crippen LogP contribution in [-0.4, -0.2) is 4.92 Å². The molecule has 0 aliphatic heterocycles. The third-order valence-electron chi connectivity index (χ3n) is 0.955. The molecule has 1 rings (SSSR count). The highest BCUT2D eigenvalue weighted by Gasteiger charge is 2.01. The van der Waals surface area contributed by atoms with Gasteiger partial charge in [0.2, 0.25) is 0 Å². The molecule has 4 heteroatoms. The van der Waals surface area contributed by atoms with E-state index in [1.54, 1.807) is 0 Å². The van der Waals surface area contributed by atoms with Gasteiger partial charge in [0.05, 0.1) is 6.29 Å². The second-order valence-electron chi connectivity index (χ2n) is 1.65. The first-order valence-corrected chi connectivity index (χ1v) is 2.89. The number of nitrogens with zero attached hydrogens (tertiary/aromatic N) is 1. The Morgan fingerprint density at radius 1 is 1.60 bits per heavy atom. The summed E-state index contributed by atoms with van der Waals surface area (Å²) in [6.45, 7) is 0. The fourth-order valence-electron chi connectivity index (χ4n) is 0.511. The van der Waals surface area contributed by atoms with Crippen molar-refractivity contribution in [2.75, 3.05) is 0 Å². The molecule has 0 radical (unpaired) electrons. The lowest BCUT2D eigenvalue weighted by molar-refractivity contribution is -0.384. The molecule has 1 aromatic rings. The molecule has 3 nitrogen and oxygen atoms in total. The van der Waals surface area contributed by atoms with Gasteiger partial charge in [0.1, 0.15) is 0 Å². The minimum atomic E-state index is -0.612. The van der Waals surface area contributed by atoms with Crippen molar-refractivity contribution in [3.63, 3.8) is 0 Å². The van der Waals surface area contributed by atoms with Crippen LogP contribution in [0.15, 0.2) is 24.2 Å². The van der Waals surface area contributed by atoms with Crippen molar-refractivity contribution in [3.8, 4) is 0 Å². The smallest absolute Gasteiger partial charge is 0.258 e. The molecule has 0 heterocycles. The summed E-state index contributed by atoms with van der Waals surface area (Å²) in [6.07, 6.45) is 0. The van der Waals surface area contributed by atoms with Crippen molar-refractivity contribution in [2.45, 2.75) is 0 Å². The van der Waals surface area contributed by atoms with Gasteiger partial charge in [-0.05, 0) is 12.1 Å². The van der Waals surface area contributed by atoms with E-state index >= 15 is 0 Å². The average Bonchev–Trinajstić information content (AvgIpc) is 1.85. The maximum atomic E-state index is 10.2. The quantitative estimate of drug-likeness (QED) is 0.465. The van der Waals surface area contributed by atoms with E-state index in [0.717, 1.165) is 0 Å². The van der Waals surface area contributed by atoms with E-state index in [4.69, 9.17) is 13.0 Å². The molecule has 0 amide bonds. The molecule has 0 atom stereocenters. The Labute approximate surface area is 63.8 Å². The van der Waals surface area contributed by atoms with Crippen molar-refractivity contribution >= 4 is 17.3 Å². The molecule has 0 spiro atoms. The first-order chi connectivity index (χ1) is 5.11. The van der Waals surface area contributed by atoms with Crippen LogP contribution >= 0.6 is 11.6 Å². The number of halogens is 1. The third kappa shape index (κ3) is 1.45. The summed E-state index contributed by atoms with van der Waals surface area (Å²) in [4.78, 5) is 9.56. The molecule has 0 aliphatic rings. The van der Waals surface area contributed by atoms with Crippen LogP contribution in [0.3, 0.4) is 0 Å².